The molecule has 5 heteroatoms. The summed E-state index contributed by atoms with van der Waals surface area (Å²) in [5, 5.41) is 3.25. The summed E-state index contributed by atoms with van der Waals surface area (Å²) in [5.41, 5.74) is 0.683. The van der Waals surface area contributed by atoms with Gasteiger partial charge in [0, 0.05) is 36.2 Å². The average molecular weight is 317 g/mol. The summed E-state index contributed by atoms with van der Waals surface area (Å²) in [4.78, 5) is 2.25. The third-order valence-corrected chi connectivity index (χ3v) is 3.54. The molecule has 2 rings (SSSR count). The molecule has 1 fully saturated rings. The van der Waals surface area contributed by atoms with Crippen molar-refractivity contribution in [3.63, 3.8) is 0 Å². The van der Waals surface area contributed by atoms with E-state index >= 15 is 0 Å². The minimum Gasteiger partial charge on any atom is -0.374 e. The number of ether oxygens (including phenoxy) is 1. The maximum absolute atomic E-state index is 13.6. The van der Waals surface area contributed by atoms with Crippen molar-refractivity contribution >= 4 is 15.9 Å². The monoisotopic (exact) mass is 316 g/mol. The lowest BCUT2D eigenvalue weighted by Gasteiger charge is -2.30. The van der Waals surface area contributed by atoms with Crippen LogP contribution in [-0.4, -0.2) is 44.3 Å². The fourth-order valence-electron chi connectivity index (χ4n) is 2.02. The fourth-order valence-corrected chi connectivity index (χ4v) is 2.36. The summed E-state index contributed by atoms with van der Waals surface area (Å²) < 4.78 is 20.0. The summed E-state index contributed by atoms with van der Waals surface area (Å²) >= 11 is 3.25. The number of nitrogens with zero attached hydrogens (tertiary/aromatic N) is 1. The van der Waals surface area contributed by atoms with Crippen molar-refractivity contribution in [1.82, 2.24) is 10.2 Å². The van der Waals surface area contributed by atoms with Gasteiger partial charge in [-0.15, -0.1) is 0 Å². The Labute approximate surface area is 115 Å². The van der Waals surface area contributed by atoms with E-state index in [-0.39, 0.29) is 11.9 Å². The zero-order valence-corrected chi connectivity index (χ0v) is 12.0. The summed E-state index contributed by atoms with van der Waals surface area (Å²) in [6.07, 6.45) is 0.197. The van der Waals surface area contributed by atoms with E-state index in [1.54, 1.807) is 6.07 Å². The van der Waals surface area contributed by atoms with Gasteiger partial charge in [-0.05, 0) is 19.2 Å². The van der Waals surface area contributed by atoms with Crippen LogP contribution in [0.1, 0.15) is 5.56 Å². The normalized spacial score (nSPS) is 21.2. The lowest BCUT2D eigenvalue weighted by molar-refractivity contribution is -0.0182. The van der Waals surface area contributed by atoms with E-state index in [0.717, 1.165) is 30.7 Å². The fraction of sp³-hybridized carbons (Fsp3) is 0.538. The first-order valence-electron chi connectivity index (χ1n) is 6.10. The van der Waals surface area contributed by atoms with Crippen molar-refractivity contribution in [2.45, 2.75) is 12.6 Å². The number of halogens is 2. The van der Waals surface area contributed by atoms with Crippen molar-refractivity contribution in [2.24, 2.45) is 0 Å². The van der Waals surface area contributed by atoms with Crippen molar-refractivity contribution in [3.8, 4) is 0 Å². The molecule has 0 spiro atoms. The molecule has 0 radical (unpaired) electrons. The van der Waals surface area contributed by atoms with E-state index in [4.69, 9.17) is 4.74 Å². The van der Waals surface area contributed by atoms with Gasteiger partial charge >= 0.3 is 0 Å². The van der Waals surface area contributed by atoms with Gasteiger partial charge in [0.2, 0.25) is 0 Å². The predicted molar refractivity (Wildman–Crippen MR) is 73.0 cm³/mol. The molecule has 1 heterocycles. The molecule has 1 atom stereocenters. The maximum atomic E-state index is 13.6. The SMILES string of the molecule is CN1CCOC(CNCc2ccc(Br)cc2F)C1. The standard InChI is InChI=1S/C13H18BrFN2O/c1-17-4-5-18-12(9-17)8-16-7-10-2-3-11(14)6-13(10)15/h2-3,6,12,16H,4-5,7-9H2,1H3. The van der Waals surface area contributed by atoms with E-state index < -0.39 is 0 Å². The molecule has 0 aromatic heterocycles. The van der Waals surface area contributed by atoms with Gasteiger partial charge in [0.05, 0.1) is 12.7 Å². The Morgan fingerprint density at radius 1 is 1.56 bits per heavy atom. The first-order valence-corrected chi connectivity index (χ1v) is 6.89. The van der Waals surface area contributed by atoms with Crippen LogP contribution in [0.25, 0.3) is 0 Å². The van der Waals surface area contributed by atoms with Crippen LogP contribution in [0.4, 0.5) is 4.39 Å². The number of likely N-dealkylation sites (N-methyl/N-ethyl adjacent to an activating group) is 1. The molecule has 1 aromatic carbocycles. The van der Waals surface area contributed by atoms with Crippen LogP contribution in [0.3, 0.4) is 0 Å². The highest BCUT2D eigenvalue weighted by molar-refractivity contribution is 9.10. The van der Waals surface area contributed by atoms with Crippen LogP contribution >= 0.6 is 15.9 Å². The zero-order chi connectivity index (χ0) is 13.0. The highest BCUT2D eigenvalue weighted by Crippen LogP contribution is 2.15. The number of nitrogens with one attached hydrogen (secondary N) is 1. The van der Waals surface area contributed by atoms with E-state index in [0.29, 0.717) is 12.1 Å². The van der Waals surface area contributed by atoms with Gasteiger partial charge < -0.3 is 15.0 Å². The van der Waals surface area contributed by atoms with Crippen molar-refractivity contribution < 1.29 is 9.13 Å². The largest absolute Gasteiger partial charge is 0.374 e. The van der Waals surface area contributed by atoms with Crippen LogP contribution in [0.5, 0.6) is 0 Å². The number of rotatable bonds is 4. The Hall–Kier alpha value is -0.490. The zero-order valence-electron chi connectivity index (χ0n) is 10.5. The highest BCUT2D eigenvalue weighted by Gasteiger charge is 2.17. The van der Waals surface area contributed by atoms with Crippen LogP contribution in [0.15, 0.2) is 22.7 Å². The third-order valence-electron chi connectivity index (χ3n) is 3.04. The molecule has 1 N–H and O–H groups in total. The van der Waals surface area contributed by atoms with E-state index in [1.807, 2.05) is 6.07 Å². The molecule has 1 aromatic rings. The van der Waals surface area contributed by atoms with Crippen molar-refractivity contribution in [1.29, 1.82) is 0 Å². The summed E-state index contributed by atoms with van der Waals surface area (Å²) in [6, 6.07) is 5.13. The minimum absolute atomic E-state index is 0.182. The topological polar surface area (TPSA) is 24.5 Å². The van der Waals surface area contributed by atoms with E-state index in [9.17, 15) is 4.39 Å². The Bertz CT molecular complexity index is 403. The Morgan fingerprint density at radius 3 is 3.11 bits per heavy atom. The second-order valence-corrected chi connectivity index (χ2v) is 5.54. The molecule has 1 unspecified atom stereocenters. The van der Waals surface area contributed by atoms with Crippen LogP contribution in [0.2, 0.25) is 0 Å². The first kappa shape index (κ1) is 13.9. The van der Waals surface area contributed by atoms with Crippen LogP contribution in [0, 0.1) is 5.82 Å². The van der Waals surface area contributed by atoms with Gasteiger partial charge in [-0.25, -0.2) is 4.39 Å². The molecule has 1 aliphatic heterocycles. The third kappa shape index (κ3) is 4.02. The predicted octanol–water partition coefficient (Wildman–Crippen LogP) is 2.01. The number of hydrogen-bond donors (Lipinski definition) is 1. The van der Waals surface area contributed by atoms with Gasteiger partial charge in [0.15, 0.2) is 0 Å². The Balaban J connectivity index is 1.77. The lowest BCUT2D eigenvalue weighted by atomic mass is 10.2. The molecule has 0 bridgehead atoms. The minimum atomic E-state index is -0.182. The molecule has 0 amide bonds. The average Bonchev–Trinajstić information content (AvgIpc) is 2.32. The van der Waals surface area contributed by atoms with Gasteiger partial charge in [-0.3, -0.25) is 0 Å². The van der Waals surface area contributed by atoms with Crippen LogP contribution < -0.4 is 5.32 Å². The summed E-state index contributed by atoms with van der Waals surface area (Å²) in [7, 11) is 2.09. The van der Waals surface area contributed by atoms with Gasteiger partial charge in [-0.2, -0.15) is 0 Å². The quantitative estimate of drug-likeness (QED) is 0.919. The van der Waals surface area contributed by atoms with Crippen molar-refractivity contribution in [3.05, 3.63) is 34.1 Å². The van der Waals surface area contributed by atoms with Gasteiger partial charge in [-0.1, -0.05) is 22.0 Å². The number of hydrogen-bond acceptors (Lipinski definition) is 3. The Morgan fingerprint density at radius 2 is 2.39 bits per heavy atom. The second kappa shape index (κ2) is 6.61. The molecular weight excluding hydrogens is 299 g/mol. The molecule has 18 heavy (non-hydrogen) atoms. The summed E-state index contributed by atoms with van der Waals surface area (Å²) in [5.74, 6) is -0.182. The smallest absolute Gasteiger partial charge is 0.128 e. The van der Waals surface area contributed by atoms with E-state index in [2.05, 4.69) is 33.2 Å². The Kier molecular flexibility index (Phi) is 5.12. The molecule has 0 aliphatic carbocycles. The first-order chi connectivity index (χ1) is 8.65. The molecular formula is C13H18BrFN2O. The molecule has 3 nitrogen and oxygen atoms in total. The molecule has 1 saturated heterocycles. The van der Waals surface area contributed by atoms with Crippen LogP contribution in [-0.2, 0) is 11.3 Å². The van der Waals surface area contributed by atoms with Gasteiger partial charge in [0.25, 0.3) is 0 Å². The van der Waals surface area contributed by atoms with Crippen molar-refractivity contribution in [2.75, 3.05) is 33.3 Å². The summed E-state index contributed by atoms with van der Waals surface area (Å²) in [6.45, 7) is 3.96. The molecule has 0 saturated carbocycles. The number of benzene rings is 1. The van der Waals surface area contributed by atoms with E-state index in [1.165, 1.54) is 6.07 Å². The molecule has 1 aliphatic rings. The van der Waals surface area contributed by atoms with Gasteiger partial charge in [0.1, 0.15) is 5.82 Å². The lowest BCUT2D eigenvalue weighted by Crippen LogP contribution is -2.44. The maximum Gasteiger partial charge on any atom is 0.128 e. The second-order valence-electron chi connectivity index (χ2n) is 4.62. The molecule has 100 valence electrons. The number of morpholine rings is 1. The highest BCUT2D eigenvalue weighted by atomic mass is 79.9.